The Morgan fingerprint density at radius 3 is 2.50 bits per heavy atom. The van der Waals surface area contributed by atoms with Gasteiger partial charge in [-0.2, -0.15) is 9.78 Å². The van der Waals surface area contributed by atoms with E-state index in [-0.39, 0.29) is 11.5 Å². The summed E-state index contributed by atoms with van der Waals surface area (Å²) in [6.45, 7) is 6.62. The second-order valence-electron chi connectivity index (χ2n) is 8.26. The Kier molecular flexibility index (Phi) is 7.63. The van der Waals surface area contributed by atoms with Crippen molar-refractivity contribution in [1.29, 1.82) is 0 Å². The Morgan fingerprint density at radius 2 is 1.76 bits per heavy atom. The first kappa shape index (κ1) is 24.4. The lowest BCUT2D eigenvalue weighted by molar-refractivity contribution is 0.305. The molecule has 0 amide bonds. The monoisotopic (exact) mass is 581 g/mol. The first-order valence-electron chi connectivity index (χ1n) is 11.1. The molecule has 0 spiro atoms. The number of nitrogens with zero attached hydrogens (tertiary/aromatic N) is 3. The maximum Gasteiger partial charge on any atom is 0.282 e. The van der Waals surface area contributed by atoms with Crippen molar-refractivity contribution < 1.29 is 4.74 Å². The summed E-state index contributed by atoms with van der Waals surface area (Å²) >= 11 is 6.98. The fourth-order valence-corrected chi connectivity index (χ4v) is 4.24. The van der Waals surface area contributed by atoms with E-state index in [0.29, 0.717) is 29.1 Å². The summed E-state index contributed by atoms with van der Waals surface area (Å²) in [5.41, 5.74) is 3.52. The van der Waals surface area contributed by atoms with Crippen LogP contribution in [0.5, 0.6) is 5.75 Å². The van der Waals surface area contributed by atoms with Gasteiger partial charge in [-0.25, -0.2) is 4.98 Å². The van der Waals surface area contributed by atoms with Crippen LogP contribution in [0.15, 0.2) is 79.5 Å². The van der Waals surface area contributed by atoms with Crippen LogP contribution in [0.2, 0.25) is 0 Å². The maximum atomic E-state index is 13.4. The molecule has 7 heteroatoms. The largest absolute Gasteiger partial charge is 0.488 e. The van der Waals surface area contributed by atoms with E-state index in [1.54, 1.807) is 12.3 Å². The van der Waals surface area contributed by atoms with Crippen molar-refractivity contribution >= 4 is 49.0 Å². The first-order chi connectivity index (χ1) is 16.4. The molecule has 4 aromatic rings. The Bertz CT molecular complexity index is 1410. The van der Waals surface area contributed by atoms with Gasteiger partial charge in [-0.05, 0) is 55.3 Å². The SMILES string of the molecule is CC[C@H](C)c1nc2ccc(Br)cc2c(=O)n1N=Cc1cc(Br)ccc1OCc1ccc(C)cc1. The number of hydrogen-bond donors (Lipinski definition) is 0. The molecule has 0 aliphatic heterocycles. The van der Waals surface area contributed by atoms with Crippen molar-refractivity contribution in [2.75, 3.05) is 0 Å². The number of aromatic nitrogens is 2. The van der Waals surface area contributed by atoms with Crippen LogP contribution in [0.4, 0.5) is 0 Å². The molecule has 4 rings (SSSR count). The summed E-state index contributed by atoms with van der Waals surface area (Å²) in [6, 6.07) is 19.5. The van der Waals surface area contributed by atoms with Gasteiger partial charge in [-0.15, -0.1) is 0 Å². The van der Waals surface area contributed by atoms with Crippen LogP contribution in [0.3, 0.4) is 0 Å². The van der Waals surface area contributed by atoms with Gasteiger partial charge in [-0.1, -0.05) is 75.5 Å². The third-order valence-electron chi connectivity index (χ3n) is 5.69. The van der Waals surface area contributed by atoms with E-state index in [4.69, 9.17) is 9.72 Å². The van der Waals surface area contributed by atoms with Gasteiger partial charge in [0, 0.05) is 20.4 Å². The van der Waals surface area contributed by atoms with Crippen molar-refractivity contribution in [3.63, 3.8) is 0 Å². The van der Waals surface area contributed by atoms with Gasteiger partial charge in [0.25, 0.3) is 5.56 Å². The minimum absolute atomic E-state index is 0.0673. The van der Waals surface area contributed by atoms with Crippen molar-refractivity contribution in [1.82, 2.24) is 9.66 Å². The lowest BCUT2D eigenvalue weighted by Crippen LogP contribution is -2.23. The molecule has 0 saturated heterocycles. The fraction of sp³-hybridized carbons (Fsp3) is 0.222. The first-order valence-corrected chi connectivity index (χ1v) is 12.7. The molecular weight excluding hydrogens is 558 g/mol. The van der Waals surface area contributed by atoms with Crippen LogP contribution < -0.4 is 10.3 Å². The van der Waals surface area contributed by atoms with E-state index >= 15 is 0 Å². The van der Waals surface area contributed by atoms with Gasteiger partial charge in [0.15, 0.2) is 0 Å². The average molecular weight is 583 g/mol. The molecule has 0 N–H and O–H groups in total. The van der Waals surface area contributed by atoms with Crippen LogP contribution in [-0.4, -0.2) is 15.9 Å². The van der Waals surface area contributed by atoms with Crippen molar-refractivity contribution in [2.24, 2.45) is 5.10 Å². The van der Waals surface area contributed by atoms with Crippen LogP contribution in [0.1, 0.15) is 48.7 Å². The van der Waals surface area contributed by atoms with Crippen LogP contribution in [-0.2, 0) is 6.61 Å². The molecule has 0 aliphatic carbocycles. The zero-order valence-electron chi connectivity index (χ0n) is 19.3. The highest BCUT2D eigenvalue weighted by Crippen LogP contribution is 2.24. The summed E-state index contributed by atoms with van der Waals surface area (Å²) in [7, 11) is 0. The van der Waals surface area contributed by atoms with E-state index in [1.807, 2.05) is 37.3 Å². The molecule has 1 atom stereocenters. The van der Waals surface area contributed by atoms with E-state index in [1.165, 1.54) is 10.2 Å². The molecule has 174 valence electrons. The molecule has 0 unspecified atom stereocenters. The Hall–Kier alpha value is -2.77. The molecule has 34 heavy (non-hydrogen) atoms. The zero-order chi connectivity index (χ0) is 24.2. The highest BCUT2D eigenvalue weighted by Gasteiger charge is 2.16. The fourth-order valence-electron chi connectivity index (χ4n) is 3.50. The van der Waals surface area contributed by atoms with Crippen molar-refractivity contribution in [3.8, 4) is 5.75 Å². The van der Waals surface area contributed by atoms with Crippen molar-refractivity contribution in [3.05, 3.63) is 102 Å². The summed E-state index contributed by atoms with van der Waals surface area (Å²) in [5.74, 6) is 1.38. The van der Waals surface area contributed by atoms with Gasteiger partial charge in [-0.3, -0.25) is 4.79 Å². The number of hydrogen-bond acceptors (Lipinski definition) is 4. The molecule has 0 aliphatic rings. The normalized spacial score (nSPS) is 12.4. The quantitative estimate of drug-likeness (QED) is 0.216. The average Bonchev–Trinajstić information content (AvgIpc) is 2.83. The summed E-state index contributed by atoms with van der Waals surface area (Å²) in [6.07, 6.45) is 2.50. The van der Waals surface area contributed by atoms with Gasteiger partial charge in [0.05, 0.1) is 17.1 Å². The highest BCUT2D eigenvalue weighted by atomic mass is 79.9. The number of fused-ring (bicyclic) bond motifs is 1. The van der Waals surface area contributed by atoms with Crippen LogP contribution in [0.25, 0.3) is 10.9 Å². The minimum atomic E-state index is -0.199. The van der Waals surface area contributed by atoms with Crippen molar-refractivity contribution in [2.45, 2.75) is 39.7 Å². The molecule has 5 nitrogen and oxygen atoms in total. The molecular formula is C27H25Br2N3O2. The lowest BCUT2D eigenvalue weighted by Gasteiger charge is -2.14. The third-order valence-corrected chi connectivity index (χ3v) is 6.67. The molecule has 0 saturated carbocycles. The van der Waals surface area contributed by atoms with Gasteiger partial charge in [0.1, 0.15) is 18.2 Å². The predicted molar refractivity (Wildman–Crippen MR) is 145 cm³/mol. The van der Waals surface area contributed by atoms with Gasteiger partial charge >= 0.3 is 0 Å². The summed E-state index contributed by atoms with van der Waals surface area (Å²) < 4.78 is 9.23. The molecule has 0 fully saturated rings. The Balaban J connectivity index is 1.73. The number of benzene rings is 3. The maximum absolute atomic E-state index is 13.4. The standard InChI is InChI=1S/C27H25Br2N3O2/c1-4-18(3)26-31-24-11-9-22(29)14-23(24)27(33)32(26)30-15-20-13-21(28)10-12-25(20)34-16-19-7-5-17(2)6-8-19/h5-15,18H,4,16H2,1-3H3/t18-/m0/s1. The van der Waals surface area contributed by atoms with Gasteiger partial charge < -0.3 is 4.74 Å². The van der Waals surface area contributed by atoms with E-state index in [0.717, 1.165) is 26.5 Å². The topological polar surface area (TPSA) is 56.5 Å². The summed E-state index contributed by atoms with van der Waals surface area (Å²) in [5, 5.41) is 5.11. The van der Waals surface area contributed by atoms with Crippen LogP contribution >= 0.6 is 31.9 Å². The van der Waals surface area contributed by atoms with Gasteiger partial charge in [0.2, 0.25) is 0 Å². The highest BCUT2D eigenvalue weighted by molar-refractivity contribution is 9.10. The zero-order valence-corrected chi connectivity index (χ0v) is 22.4. The molecule has 3 aromatic carbocycles. The second kappa shape index (κ2) is 10.7. The molecule has 1 aromatic heterocycles. The number of ether oxygens (including phenoxy) is 1. The van der Waals surface area contributed by atoms with E-state index in [2.05, 4.69) is 75.1 Å². The Morgan fingerprint density at radius 1 is 1.06 bits per heavy atom. The molecule has 0 bridgehead atoms. The number of rotatable bonds is 7. The van der Waals surface area contributed by atoms with E-state index in [9.17, 15) is 4.79 Å². The van der Waals surface area contributed by atoms with E-state index < -0.39 is 0 Å². The predicted octanol–water partition coefficient (Wildman–Crippen LogP) is 7.20. The number of halogens is 2. The number of aryl methyl sites for hydroxylation is 1. The summed E-state index contributed by atoms with van der Waals surface area (Å²) in [4.78, 5) is 18.2. The Labute approximate surface area is 215 Å². The smallest absolute Gasteiger partial charge is 0.282 e. The minimum Gasteiger partial charge on any atom is -0.488 e. The lowest BCUT2D eigenvalue weighted by atomic mass is 10.1. The van der Waals surface area contributed by atoms with Crippen LogP contribution in [0, 0.1) is 6.92 Å². The molecule has 1 heterocycles. The second-order valence-corrected chi connectivity index (χ2v) is 10.1. The molecule has 0 radical (unpaired) electrons. The third kappa shape index (κ3) is 5.47.